The Morgan fingerprint density at radius 2 is 0.626 bits per heavy atom. The van der Waals surface area contributed by atoms with E-state index in [1.165, 1.54) is 111 Å². The van der Waals surface area contributed by atoms with E-state index in [2.05, 4.69) is 330 Å². The Bertz CT molecular complexity index is 5920. The Balaban J connectivity index is 0.000000110. The second-order valence-corrected chi connectivity index (χ2v) is 31.4. The maximum Gasteiger partial charge on any atom is 0.123 e. The smallest absolute Gasteiger partial charge is 0.123 e. The molecule has 15 aromatic rings. The van der Waals surface area contributed by atoms with Crippen molar-refractivity contribution in [3.05, 3.63) is 417 Å². The molecule has 2 atom stereocenters. The Morgan fingerprint density at radius 1 is 0.252 bits per heavy atom. The fraction of sp³-hybridized carbons (Fsp3) is 0.165. The standard InChI is InChI=1S/C36H30O.C35H30O2.C32H24O/c1-24-13-15-28-30(21-24)33(37)23-32-34(28)29-16-14-25(2)22-31(29)36(32)19-17-35(18-20-36,26-9-5-3-6-10-26)27-11-7-4-8-12-27;1-23-13-15-28-30(19-23)35(31-21-32(36)29-20-26(37-2)14-16-27(29)33(28)31)18-17-34(22-35,24-9-5-3-6-10-24)25-11-7-4-8-12-25;33-29-19-28-30(25-16-8-7-15-24(25)29)26-17-9-10-18-27(26)32(28)20-31(21-32,22-11-3-1-4-12-22)23-13-5-2-6-14-23/h3-17,19,21-23,37H,18,20H2,1-2H3;3-16,19-21,36H,17-18,22H2,1-2H3;1-19,33H,20-21H2. The van der Waals surface area contributed by atoms with Crippen LogP contribution in [0, 0.1) is 20.8 Å². The van der Waals surface area contributed by atoms with E-state index in [1.807, 2.05) is 24.3 Å². The van der Waals surface area contributed by atoms with Crippen LogP contribution in [0.25, 0.3) is 65.7 Å². The molecule has 2 unspecified atom stereocenters. The maximum absolute atomic E-state index is 11.3. The fourth-order valence-electron chi connectivity index (χ4n) is 21.1. The summed E-state index contributed by atoms with van der Waals surface area (Å²) in [6.45, 7) is 6.45. The Hall–Kier alpha value is -12.0. The molecule has 3 N–H and O–H groups in total. The topological polar surface area (TPSA) is 69.9 Å². The van der Waals surface area contributed by atoms with Crippen molar-refractivity contribution in [1.29, 1.82) is 0 Å². The summed E-state index contributed by atoms with van der Waals surface area (Å²) in [5.74, 6) is 1.84. The summed E-state index contributed by atoms with van der Waals surface area (Å²) in [6.07, 6.45) is 11.9. The summed E-state index contributed by atoms with van der Waals surface area (Å²) in [7, 11) is 1.67. The van der Waals surface area contributed by atoms with Gasteiger partial charge in [0.05, 0.1) is 7.11 Å². The molecule has 520 valence electrons. The van der Waals surface area contributed by atoms with E-state index >= 15 is 0 Å². The number of aromatic hydroxyl groups is 3. The van der Waals surface area contributed by atoms with Crippen molar-refractivity contribution >= 4 is 32.3 Å². The maximum atomic E-state index is 11.3. The summed E-state index contributed by atoms with van der Waals surface area (Å²) in [5, 5.41) is 39.7. The molecule has 0 bridgehead atoms. The Kier molecular flexibility index (Phi) is 15.4. The van der Waals surface area contributed by atoms with Crippen LogP contribution in [-0.4, -0.2) is 22.4 Å². The number of phenolic OH excluding ortho intramolecular Hbond substituents is 3. The summed E-state index contributed by atoms with van der Waals surface area (Å²) >= 11 is 0. The van der Waals surface area contributed by atoms with Gasteiger partial charge in [-0.25, -0.2) is 0 Å². The molecule has 2 fully saturated rings. The average molecular weight is 1390 g/mol. The molecule has 4 heteroatoms. The lowest BCUT2D eigenvalue weighted by molar-refractivity contribution is 0.175. The van der Waals surface area contributed by atoms with E-state index in [9.17, 15) is 15.3 Å². The lowest BCUT2D eigenvalue weighted by Crippen LogP contribution is -2.53. The number of rotatable bonds is 7. The van der Waals surface area contributed by atoms with Crippen molar-refractivity contribution in [2.45, 2.75) is 98.2 Å². The van der Waals surface area contributed by atoms with Crippen LogP contribution in [0.15, 0.2) is 334 Å². The van der Waals surface area contributed by atoms with Gasteiger partial charge in [0.25, 0.3) is 0 Å². The number of aryl methyl sites for hydroxylation is 3. The molecule has 3 spiro atoms. The number of phenols is 3. The number of hydrogen-bond donors (Lipinski definition) is 3. The molecule has 21 rings (SSSR count). The average Bonchev–Trinajstić information content (AvgIpc) is 1.58. The van der Waals surface area contributed by atoms with Crippen molar-refractivity contribution < 1.29 is 20.1 Å². The van der Waals surface area contributed by atoms with Gasteiger partial charge in [-0.3, -0.25) is 0 Å². The number of benzene rings is 15. The molecule has 0 heterocycles. The zero-order valence-electron chi connectivity index (χ0n) is 61.0. The monoisotopic (exact) mass is 1380 g/mol. The van der Waals surface area contributed by atoms with Gasteiger partial charge in [-0.15, -0.1) is 0 Å². The van der Waals surface area contributed by atoms with E-state index in [4.69, 9.17) is 4.74 Å². The van der Waals surface area contributed by atoms with Gasteiger partial charge in [0.2, 0.25) is 0 Å². The van der Waals surface area contributed by atoms with Crippen LogP contribution in [0.3, 0.4) is 0 Å². The molecule has 4 nitrogen and oxygen atoms in total. The minimum Gasteiger partial charge on any atom is -0.507 e. The summed E-state index contributed by atoms with van der Waals surface area (Å²) in [4.78, 5) is 0. The largest absolute Gasteiger partial charge is 0.507 e. The van der Waals surface area contributed by atoms with Crippen LogP contribution >= 0.6 is 0 Å². The molecule has 0 aliphatic heterocycles. The highest BCUT2D eigenvalue weighted by molar-refractivity contribution is 6.08. The van der Waals surface area contributed by atoms with Gasteiger partial charge >= 0.3 is 0 Å². The number of ether oxygens (including phenoxy) is 1. The summed E-state index contributed by atoms with van der Waals surface area (Å²) < 4.78 is 5.49. The van der Waals surface area contributed by atoms with Crippen molar-refractivity contribution in [2.24, 2.45) is 0 Å². The minimum atomic E-state index is -0.264. The molecule has 0 radical (unpaired) electrons. The zero-order valence-corrected chi connectivity index (χ0v) is 61.0. The van der Waals surface area contributed by atoms with E-state index in [0.717, 1.165) is 88.6 Å². The SMILES string of the molecule is COc1ccc2c3c(cc(O)c2c1)C1(CCC(c2ccccc2)(c2ccccc2)C1)c1cc(C)ccc1-3.Cc1ccc2c(c1)C1(C=CC(c3ccccc3)(c3ccccc3)CC1)c1cc(O)c3cc(C)ccc3c1-2.Oc1cc2c(c3ccccc13)-c1ccccc1C21CC(c2ccccc2)(c2ccccc2)C1. The first-order valence-electron chi connectivity index (χ1n) is 38.0. The van der Waals surface area contributed by atoms with Crippen molar-refractivity contribution in [1.82, 2.24) is 0 Å². The first-order valence-corrected chi connectivity index (χ1v) is 38.0. The van der Waals surface area contributed by atoms with Gasteiger partial charge in [0.15, 0.2) is 0 Å². The first-order chi connectivity index (χ1) is 52.3. The van der Waals surface area contributed by atoms with Crippen LogP contribution < -0.4 is 4.74 Å². The quantitative estimate of drug-likeness (QED) is 0.139. The van der Waals surface area contributed by atoms with Gasteiger partial charge in [0, 0.05) is 48.6 Å². The van der Waals surface area contributed by atoms with Crippen LogP contribution in [0.4, 0.5) is 0 Å². The molecule has 2 saturated carbocycles. The van der Waals surface area contributed by atoms with E-state index in [0.29, 0.717) is 17.2 Å². The molecule has 6 aliphatic rings. The van der Waals surface area contributed by atoms with Crippen LogP contribution in [0.1, 0.15) is 128 Å². The third kappa shape index (κ3) is 9.94. The predicted octanol–water partition coefficient (Wildman–Crippen LogP) is 24.7. The fourth-order valence-corrected chi connectivity index (χ4v) is 21.1. The number of methoxy groups -OCH3 is 1. The molecular formula is C103H84O4. The highest BCUT2D eigenvalue weighted by atomic mass is 16.5. The third-order valence-corrected chi connectivity index (χ3v) is 26.0. The number of hydrogen-bond acceptors (Lipinski definition) is 4. The van der Waals surface area contributed by atoms with Gasteiger partial charge in [-0.1, -0.05) is 308 Å². The highest BCUT2D eigenvalue weighted by Crippen LogP contribution is 2.70. The number of allylic oxidation sites excluding steroid dienone is 2. The lowest BCUT2D eigenvalue weighted by Gasteiger charge is -2.57. The van der Waals surface area contributed by atoms with Crippen molar-refractivity contribution in [3.8, 4) is 56.4 Å². The van der Waals surface area contributed by atoms with Gasteiger partial charge in [-0.05, 0) is 224 Å². The molecular weight excluding hydrogens is 1300 g/mol. The Morgan fingerprint density at radius 3 is 1.18 bits per heavy atom. The molecule has 107 heavy (non-hydrogen) atoms. The lowest BCUT2D eigenvalue weighted by atomic mass is 9.45. The minimum absolute atomic E-state index is 0.0431. The van der Waals surface area contributed by atoms with Crippen LogP contribution in [-0.2, 0) is 32.5 Å². The van der Waals surface area contributed by atoms with Crippen LogP contribution in [0.2, 0.25) is 0 Å². The highest BCUT2D eigenvalue weighted by Gasteiger charge is 2.62. The van der Waals surface area contributed by atoms with Gasteiger partial charge in [0.1, 0.15) is 23.0 Å². The van der Waals surface area contributed by atoms with E-state index in [-0.39, 0.29) is 32.5 Å². The normalized spacial score (nSPS) is 18.5. The molecule has 0 aromatic heterocycles. The van der Waals surface area contributed by atoms with Gasteiger partial charge in [-0.2, -0.15) is 0 Å². The first kappa shape index (κ1) is 65.8. The molecule has 0 amide bonds. The summed E-state index contributed by atoms with van der Waals surface area (Å²) in [6, 6.07) is 115. The summed E-state index contributed by atoms with van der Waals surface area (Å²) in [5.41, 5.74) is 26.7. The van der Waals surface area contributed by atoms with E-state index in [1.54, 1.807) is 7.11 Å². The second-order valence-electron chi connectivity index (χ2n) is 31.4. The molecule has 15 aromatic carbocycles. The molecule has 6 aliphatic carbocycles. The van der Waals surface area contributed by atoms with E-state index < -0.39 is 0 Å². The zero-order chi connectivity index (χ0) is 72.4. The Labute approximate surface area is 627 Å². The van der Waals surface area contributed by atoms with Crippen molar-refractivity contribution in [3.63, 3.8) is 0 Å². The third-order valence-electron chi connectivity index (χ3n) is 26.0. The van der Waals surface area contributed by atoms with Gasteiger partial charge < -0.3 is 20.1 Å². The van der Waals surface area contributed by atoms with Crippen LogP contribution in [0.5, 0.6) is 23.0 Å². The molecule has 0 saturated heterocycles. The second kappa shape index (κ2) is 25.1. The number of fused-ring (bicyclic) bond motifs is 21. The predicted molar refractivity (Wildman–Crippen MR) is 439 cm³/mol. The van der Waals surface area contributed by atoms with Crippen molar-refractivity contribution in [2.75, 3.05) is 7.11 Å².